The average Bonchev–Trinajstić information content (AvgIpc) is 3.13. The van der Waals surface area contributed by atoms with Crippen LogP contribution in [0, 0.1) is 0 Å². The van der Waals surface area contributed by atoms with Crippen LogP contribution in [-0.2, 0) is 5.60 Å². The standard InChI is InChI=1S/C16H15ClN2O2S/c1-16(21,14-3-2-6-22-14)9-18-15(20)13-8-10-7-11(17)4-5-12(10)19-13/h2-8,19,21H,9H2,1H3,(H,18,20). The molecule has 0 aliphatic heterocycles. The number of aliphatic hydroxyl groups is 1. The molecule has 3 rings (SSSR count). The highest BCUT2D eigenvalue weighted by Gasteiger charge is 2.25. The van der Waals surface area contributed by atoms with E-state index in [1.54, 1.807) is 25.1 Å². The van der Waals surface area contributed by atoms with Gasteiger partial charge in [-0.15, -0.1) is 11.3 Å². The number of carbonyl (C=O) groups is 1. The lowest BCUT2D eigenvalue weighted by molar-refractivity contribution is 0.0555. The largest absolute Gasteiger partial charge is 0.383 e. The number of halogens is 1. The smallest absolute Gasteiger partial charge is 0.267 e. The number of aromatic nitrogens is 1. The molecule has 1 atom stereocenters. The number of amides is 1. The van der Waals surface area contributed by atoms with Gasteiger partial charge in [0.05, 0.1) is 6.54 Å². The van der Waals surface area contributed by atoms with Crippen LogP contribution in [0.4, 0.5) is 0 Å². The number of hydrogen-bond donors (Lipinski definition) is 3. The Morgan fingerprint density at radius 2 is 2.23 bits per heavy atom. The molecule has 1 unspecified atom stereocenters. The molecule has 0 spiro atoms. The van der Waals surface area contributed by atoms with E-state index in [-0.39, 0.29) is 12.5 Å². The van der Waals surface area contributed by atoms with Gasteiger partial charge in [0.1, 0.15) is 11.3 Å². The Morgan fingerprint density at radius 3 is 2.95 bits per heavy atom. The second-order valence-corrected chi connectivity index (χ2v) is 6.73. The minimum atomic E-state index is -1.08. The van der Waals surface area contributed by atoms with Crippen molar-refractivity contribution >= 4 is 39.7 Å². The third-order valence-electron chi connectivity index (χ3n) is 3.47. The molecule has 3 aromatic rings. The van der Waals surface area contributed by atoms with E-state index in [0.717, 1.165) is 15.8 Å². The zero-order valence-electron chi connectivity index (χ0n) is 11.9. The molecule has 114 valence electrons. The van der Waals surface area contributed by atoms with Gasteiger partial charge in [0.25, 0.3) is 5.91 Å². The van der Waals surface area contributed by atoms with Crippen molar-refractivity contribution in [3.63, 3.8) is 0 Å². The van der Waals surface area contributed by atoms with Gasteiger partial charge in [-0.05, 0) is 42.6 Å². The molecule has 2 aromatic heterocycles. The normalized spacial score (nSPS) is 14.0. The van der Waals surface area contributed by atoms with E-state index >= 15 is 0 Å². The summed E-state index contributed by atoms with van der Waals surface area (Å²) in [7, 11) is 0. The number of H-pyrrole nitrogens is 1. The number of carbonyl (C=O) groups excluding carboxylic acids is 1. The molecule has 0 fully saturated rings. The summed E-state index contributed by atoms with van der Waals surface area (Å²) in [4.78, 5) is 16.1. The van der Waals surface area contributed by atoms with E-state index in [1.165, 1.54) is 11.3 Å². The Kier molecular flexibility index (Phi) is 3.95. The van der Waals surface area contributed by atoms with Gasteiger partial charge in [-0.3, -0.25) is 4.79 Å². The molecular weight excluding hydrogens is 320 g/mol. The van der Waals surface area contributed by atoms with Gasteiger partial charge in [0.15, 0.2) is 0 Å². The van der Waals surface area contributed by atoms with E-state index in [0.29, 0.717) is 10.7 Å². The van der Waals surface area contributed by atoms with Gasteiger partial charge in [-0.25, -0.2) is 0 Å². The highest BCUT2D eigenvalue weighted by Crippen LogP contribution is 2.25. The van der Waals surface area contributed by atoms with Crippen LogP contribution in [0.5, 0.6) is 0 Å². The highest BCUT2D eigenvalue weighted by molar-refractivity contribution is 7.10. The first kappa shape index (κ1) is 15.1. The minimum Gasteiger partial charge on any atom is -0.383 e. The van der Waals surface area contributed by atoms with E-state index in [4.69, 9.17) is 11.6 Å². The third-order valence-corrected chi connectivity index (χ3v) is 4.83. The molecule has 0 aliphatic carbocycles. The van der Waals surface area contributed by atoms with Gasteiger partial charge in [0.2, 0.25) is 0 Å². The fraction of sp³-hybridized carbons (Fsp3) is 0.188. The van der Waals surface area contributed by atoms with Gasteiger partial charge in [-0.2, -0.15) is 0 Å². The Bertz CT molecular complexity index is 809. The molecule has 0 aliphatic rings. The van der Waals surface area contributed by atoms with Crippen LogP contribution in [-0.4, -0.2) is 22.5 Å². The summed E-state index contributed by atoms with van der Waals surface area (Å²) in [5.41, 5.74) is 0.206. The first-order valence-corrected chi connectivity index (χ1v) is 8.04. The molecule has 0 saturated heterocycles. The molecule has 4 nitrogen and oxygen atoms in total. The molecule has 2 heterocycles. The van der Waals surface area contributed by atoms with Crippen molar-refractivity contribution in [2.75, 3.05) is 6.54 Å². The predicted octanol–water partition coefficient (Wildman–Crippen LogP) is 3.52. The predicted molar refractivity (Wildman–Crippen MR) is 89.5 cm³/mol. The maximum absolute atomic E-state index is 12.2. The molecule has 1 amide bonds. The lowest BCUT2D eigenvalue weighted by Gasteiger charge is -2.22. The molecule has 3 N–H and O–H groups in total. The Morgan fingerprint density at radius 1 is 1.41 bits per heavy atom. The van der Waals surface area contributed by atoms with Crippen molar-refractivity contribution in [2.45, 2.75) is 12.5 Å². The van der Waals surface area contributed by atoms with Crippen LogP contribution in [0.3, 0.4) is 0 Å². The minimum absolute atomic E-state index is 0.141. The van der Waals surface area contributed by atoms with E-state index < -0.39 is 5.60 Å². The van der Waals surface area contributed by atoms with Crippen molar-refractivity contribution in [3.05, 3.63) is 57.4 Å². The summed E-state index contributed by atoms with van der Waals surface area (Å²) in [5.74, 6) is -0.260. The number of nitrogens with one attached hydrogen (secondary N) is 2. The molecule has 6 heteroatoms. The first-order chi connectivity index (χ1) is 10.5. The van der Waals surface area contributed by atoms with Gasteiger partial charge in [-0.1, -0.05) is 17.7 Å². The zero-order chi connectivity index (χ0) is 15.7. The van der Waals surface area contributed by atoms with Gasteiger partial charge >= 0.3 is 0 Å². The van der Waals surface area contributed by atoms with Crippen molar-refractivity contribution in [1.29, 1.82) is 0 Å². The van der Waals surface area contributed by atoms with Crippen molar-refractivity contribution < 1.29 is 9.90 Å². The van der Waals surface area contributed by atoms with Crippen LogP contribution in [0.15, 0.2) is 41.8 Å². The fourth-order valence-corrected chi connectivity index (χ4v) is 3.21. The highest BCUT2D eigenvalue weighted by atomic mass is 35.5. The third kappa shape index (κ3) is 3.02. The lowest BCUT2D eigenvalue weighted by Crippen LogP contribution is -2.38. The van der Waals surface area contributed by atoms with Crippen LogP contribution in [0.25, 0.3) is 10.9 Å². The number of aromatic amines is 1. The summed E-state index contributed by atoms with van der Waals surface area (Å²) < 4.78 is 0. The molecule has 1 aromatic carbocycles. The van der Waals surface area contributed by atoms with Crippen LogP contribution >= 0.6 is 22.9 Å². The zero-order valence-corrected chi connectivity index (χ0v) is 13.5. The number of fused-ring (bicyclic) bond motifs is 1. The van der Waals surface area contributed by atoms with Crippen LogP contribution in [0.2, 0.25) is 5.02 Å². The molecule has 0 radical (unpaired) electrons. The van der Waals surface area contributed by atoms with Gasteiger partial charge < -0.3 is 15.4 Å². The van der Waals surface area contributed by atoms with E-state index in [2.05, 4.69) is 10.3 Å². The number of rotatable bonds is 4. The quantitative estimate of drug-likeness (QED) is 0.683. The summed E-state index contributed by atoms with van der Waals surface area (Å²) in [6.45, 7) is 1.83. The Balaban J connectivity index is 1.73. The summed E-state index contributed by atoms with van der Waals surface area (Å²) in [6.07, 6.45) is 0. The van der Waals surface area contributed by atoms with E-state index in [1.807, 2.05) is 23.6 Å². The lowest BCUT2D eigenvalue weighted by atomic mass is 10.1. The average molecular weight is 335 g/mol. The van der Waals surface area contributed by atoms with Crippen molar-refractivity contribution in [1.82, 2.24) is 10.3 Å². The van der Waals surface area contributed by atoms with E-state index in [9.17, 15) is 9.90 Å². The number of thiophene rings is 1. The SMILES string of the molecule is CC(O)(CNC(=O)c1cc2cc(Cl)ccc2[nH]1)c1cccs1. The maximum atomic E-state index is 12.2. The number of hydrogen-bond acceptors (Lipinski definition) is 3. The fourth-order valence-electron chi connectivity index (χ4n) is 2.25. The number of benzene rings is 1. The molecule has 22 heavy (non-hydrogen) atoms. The molecule has 0 bridgehead atoms. The Hall–Kier alpha value is -1.82. The van der Waals surface area contributed by atoms with Crippen molar-refractivity contribution in [3.8, 4) is 0 Å². The molecule has 0 saturated carbocycles. The first-order valence-electron chi connectivity index (χ1n) is 6.78. The summed E-state index contributed by atoms with van der Waals surface area (Å²) in [5, 5.41) is 16.6. The maximum Gasteiger partial charge on any atom is 0.267 e. The summed E-state index contributed by atoms with van der Waals surface area (Å²) in [6, 6.07) is 10.9. The second-order valence-electron chi connectivity index (χ2n) is 5.35. The van der Waals surface area contributed by atoms with Crippen LogP contribution < -0.4 is 5.32 Å². The van der Waals surface area contributed by atoms with Crippen molar-refractivity contribution in [2.24, 2.45) is 0 Å². The monoisotopic (exact) mass is 334 g/mol. The second kappa shape index (κ2) is 5.76. The molecular formula is C16H15ClN2O2S. The Labute approximate surface area is 136 Å². The topological polar surface area (TPSA) is 65.1 Å². The summed E-state index contributed by atoms with van der Waals surface area (Å²) >= 11 is 7.40. The van der Waals surface area contributed by atoms with Crippen LogP contribution in [0.1, 0.15) is 22.3 Å². The van der Waals surface area contributed by atoms with Gasteiger partial charge in [0, 0.05) is 20.8 Å².